The second-order valence-corrected chi connectivity index (χ2v) is 3.73. The first kappa shape index (κ1) is 5.45. The van der Waals surface area contributed by atoms with Crippen LogP contribution in [0.25, 0.3) is 0 Å². The fourth-order valence-electron chi connectivity index (χ4n) is 0.901. The summed E-state index contributed by atoms with van der Waals surface area (Å²) >= 11 is 1.90. The lowest BCUT2D eigenvalue weighted by atomic mass is 10.4. The summed E-state index contributed by atoms with van der Waals surface area (Å²) in [4.78, 5) is 2.91. The highest BCUT2D eigenvalue weighted by Crippen LogP contribution is 2.27. The van der Waals surface area contributed by atoms with Gasteiger partial charge in [0.25, 0.3) is 0 Å². The molecule has 0 radical (unpaired) electrons. The summed E-state index contributed by atoms with van der Waals surface area (Å²) in [6, 6.07) is 5.09. The molecule has 1 aliphatic heterocycles. The van der Waals surface area contributed by atoms with Crippen LogP contribution < -0.4 is 5.32 Å². The molecule has 1 aliphatic rings. The molecule has 0 aliphatic carbocycles. The molecule has 1 aromatic rings. The Bertz CT molecular complexity index is 212. The highest BCUT2D eigenvalue weighted by atomic mass is 32.1. The zero-order chi connectivity index (χ0) is 6.27. The van der Waals surface area contributed by atoms with Gasteiger partial charge in [0.15, 0.2) is 0 Å². The van der Waals surface area contributed by atoms with Gasteiger partial charge < -0.3 is 5.32 Å². The van der Waals surface area contributed by atoms with Crippen molar-refractivity contribution in [1.82, 2.24) is 5.32 Å². The molecule has 0 amide bonds. The predicted octanol–water partition coefficient (Wildman–Crippen LogP) is 1.70. The molecule has 9 heavy (non-hydrogen) atoms. The van der Waals surface area contributed by atoms with Crippen LogP contribution in [-0.4, -0.2) is 6.54 Å². The molecule has 0 saturated carbocycles. The number of aryl methyl sites for hydroxylation is 1. The minimum Gasteiger partial charge on any atom is -0.306 e. The number of hydrogen-bond acceptors (Lipinski definition) is 2. The quantitative estimate of drug-likeness (QED) is 0.588. The Labute approximate surface area is 58.7 Å². The van der Waals surface area contributed by atoms with Crippen molar-refractivity contribution < 1.29 is 0 Å². The van der Waals surface area contributed by atoms with Gasteiger partial charge in [-0.05, 0) is 19.1 Å². The summed E-state index contributed by atoms with van der Waals surface area (Å²) in [5.74, 6) is 0. The van der Waals surface area contributed by atoms with Gasteiger partial charge in [-0.1, -0.05) is 0 Å². The molecule has 1 nitrogen and oxygen atoms in total. The van der Waals surface area contributed by atoms with Crippen molar-refractivity contribution in [2.75, 3.05) is 6.54 Å². The molecule has 0 spiro atoms. The van der Waals surface area contributed by atoms with E-state index < -0.39 is 0 Å². The summed E-state index contributed by atoms with van der Waals surface area (Å²) in [6.07, 6.45) is 0. The van der Waals surface area contributed by atoms with Gasteiger partial charge in [-0.25, -0.2) is 0 Å². The monoisotopic (exact) mass is 139 g/mol. The van der Waals surface area contributed by atoms with Crippen molar-refractivity contribution in [1.29, 1.82) is 0 Å². The minimum absolute atomic E-state index is 0.698. The molecule has 48 valence electrons. The van der Waals surface area contributed by atoms with Crippen molar-refractivity contribution in [3.05, 3.63) is 21.9 Å². The zero-order valence-electron chi connectivity index (χ0n) is 5.35. The Morgan fingerprint density at radius 1 is 1.67 bits per heavy atom. The maximum absolute atomic E-state index is 3.27. The van der Waals surface area contributed by atoms with Crippen LogP contribution in [0.15, 0.2) is 12.1 Å². The number of rotatable bonds is 1. The first-order valence-electron chi connectivity index (χ1n) is 3.16. The smallest absolute Gasteiger partial charge is 0.0542 e. The minimum atomic E-state index is 0.698. The van der Waals surface area contributed by atoms with Crippen molar-refractivity contribution in [2.45, 2.75) is 13.0 Å². The molecule has 2 heteroatoms. The van der Waals surface area contributed by atoms with E-state index in [0.717, 1.165) is 0 Å². The first-order chi connectivity index (χ1) is 4.36. The third-order valence-electron chi connectivity index (χ3n) is 1.51. The second kappa shape index (κ2) is 1.82. The van der Waals surface area contributed by atoms with E-state index >= 15 is 0 Å². The molecular formula is C7H9NS. The molecule has 1 atom stereocenters. The maximum atomic E-state index is 3.27. The lowest BCUT2D eigenvalue weighted by Crippen LogP contribution is -1.73. The number of thiophene rings is 1. The lowest BCUT2D eigenvalue weighted by molar-refractivity contribution is 1.12. The Kier molecular flexibility index (Phi) is 1.10. The van der Waals surface area contributed by atoms with Crippen molar-refractivity contribution in [3.8, 4) is 0 Å². The summed E-state index contributed by atoms with van der Waals surface area (Å²) in [5.41, 5.74) is 0. The SMILES string of the molecule is Cc1ccc([C@H]2CN2)s1. The van der Waals surface area contributed by atoms with Crippen LogP contribution in [0, 0.1) is 6.92 Å². The Balaban J connectivity index is 2.28. The van der Waals surface area contributed by atoms with E-state index in [1.54, 1.807) is 0 Å². The highest BCUT2D eigenvalue weighted by Gasteiger charge is 2.22. The van der Waals surface area contributed by atoms with E-state index in [0.29, 0.717) is 6.04 Å². The zero-order valence-corrected chi connectivity index (χ0v) is 6.16. The Morgan fingerprint density at radius 2 is 2.44 bits per heavy atom. The van der Waals surface area contributed by atoms with Gasteiger partial charge in [0.05, 0.1) is 6.04 Å². The van der Waals surface area contributed by atoms with Gasteiger partial charge in [-0.3, -0.25) is 0 Å². The molecule has 2 heterocycles. The van der Waals surface area contributed by atoms with Crippen LogP contribution in [0.1, 0.15) is 15.8 Å². The number of hydrogen-bond donors (Lipinski definition) is 1. The van der Waals surface area contributed by atoms with Gasteiger partial charge in [0.1, 0.15) is 0 Å². The normalized spacial score (nSPS) is 24.3. The first-order valence-corrected chi connectivity index (χ1v) is 3.97. The molecule has 0 aromatic carbocycles. The van der Waals surface area contributed by atoms with E-state index in [1.165, 1.54) is 16.3 Å². The van der Waals surface area contributed by atoms with Crippen LogP contribution in [-0.2, 0) is 0 Å². The number of nitrogens with one attached hydrogen (secondary N) is 1. The molecule has 1 aromatic heterocycles. The Hall–Kier alpha value is -0.340. The molecule has 2 rings (SSSR count). The molecule has 0 unspecified atom stereocenters. The van der Waals surface area contributed by atoms with Gasteiger partial charge in [-0.2, -0.15) is 0 Å². The van der Waals surface area contributed by atoms with E-state index in [4.69, 9.17) is 0 Å². The average Bonchev–Trinajstić information content (AvgIpc) is 2.58. The molecule has 1 saturated heterocycles. The average molecular weight is 139 g/mol. The second-order valence-electron chi connectivity index (χ2n) is 2.41. The van der Waals surface area contributed by atoms with Crippen LogP contribution in [0.4, 0.5) is 0 Å². The van der Waals surface area contributed by atoms with Gasteiger partial charge in [0, 0.05) is 16.3 Å². The summed E-state index contributed by atoms with van der Waals surface area (Å²) in [7, 11) is 0. The van der Waals surface area contributed by atoms with E-state index in [1.807, 2.05) is 11.3 Å². The largest absolute Gasteiger partial charge is 0.306 e. The fourth-order valence-corrected chi connectivity index (χ4v) is 1.85. The lowest BCUT2D eigenvalue weighted by Gasteiger charge is -1.82. The molecule has 1 N–H and O–H groups in total. The molecular weight excluding hydrogens is 130 g/mol. The van der Waals surface area contributed by atoms with Crippen LogP contribution in [0.3, 0.4) is 0 Å². The summed E-state index contributed by atoms with van der Waals surface area (Å²) in [6.45, 7) is 3.33. The fraction of sp³-hybridized carbons (Fsp3) is 0.429. The van der Waals surface area contributed by atoms with Crippen molar-refractivity contribution in [3.63, 3.8) is 0 Å². The van der Waals surface area contributed by atoms with Crippen LogP contribution in [0.5, 0.6) is 0 Å². The highest BCUT2D eigenvalue weighted by molar-refractivity contribution is 7.12. The van der Waals surface area contributed by atoms with E-state index in [2.05, 4.69) is 24.4 Å². The van der Waals surface area contributed by atoms with Crippen molar-refractivity contribution in [2.24, 2.45) is 0 Å². The summed E-state index contributed by atoms with van der Waals surface area (Å²) < 4.78 is 0. The van der Waals surface area contributed by atoms with E-state index in [9.17, 15) is 0 Å². The molecule has 0 bridgehead atoms. The maximum Gasteiger partial charge on any atom is 0.0542 e. The standard InChI is InChI=1S/C7H9NS/c1-5-2-3-7(9-5)6-4-8-6/h2-3,6,8H,4H2,1H3/t6-/m1/s1. The van der Waals surface area contributed by atoms with Crippen LogP contribution in [0.2, 0.25) is 0 Å². The van der Waals surface area contributed by atoms with E-state index in [-0.39, 0.29) is 0 Å². The van der Waals surface area contributed by atoms with Crippen molar-refractivity contribution >= 4 is 11.3 Å². The predicted molar refractivity (Wildman–Crippen MR) is 39.8 cm³/mol. The Morgan fingerprint density at radius 3 is 2.89 bits per heavy atom. The van der Waals surface area contributed by atoms with Gasteiger partial charge in [0.2, 0.25) is 0 Å². The van der Waals surface area contributed by atoms with Gasteiger partial charge in [-0.15, -0.1) is 11.3 Å². The summed E-state index contributed by atoms with van der Waals surface area (Å²) in [5, 5.41) is 3.27. The van der Waals surface area contributed by atoms with Crippen LogP contribution >= 0.6 is 11.3 Å². The third kappa shape index (κ3) is 1.00. The third-order valence-corrected chi connectivity index (χ3v) is 2.63. The van der Waals surface area contributed by atoms with Gasteiger partial charge >= 0.3 is 0 Å². The molecule has 1 fully saturated rings. The topological polar surface area (TPSA) is 21.9 Å².